The lowest BCUT2D eigenvalue weighted by atomic mass is 9.73. The smallest absolute Gasteiger partial charge is 0.135 e. The first-order valence-corrected chi connectivity index (χ1v) is 16.2. The summed E-state index contributed by atoms with van der Waals surface area (Å²) < 4.78 is 6.98. The molecule has 2 aliphatic carbocycles. The fraction of sp³-hybridized carbons (Fsp3) is 0.0222. The summed E-state index contributed by atoms with van der Waals surface area (Å²) in [6, 6.07) is 63.3. The van der Waals surface area contributed by atoms with E-state index in [4.69, 9.17) is 4.42 Å². The summed E-state index contributed by atoms with van der Waals surface area (Å²) in [6.45, 7) is 0. The predicted octanol–water partition coefficient (Wildman–Crippen LogP) is 11.9. The first kappa shape index (κ1) is 26.1. The molecule has 1 atom stereocenters. The Morgan fingerprint density at radius 2 is 0.957 bits per heavy atom. The molecule has 1 spiro atoms. The van der Waals surface area contributed by atoms with Crippen molar-refractivity contribution in [1.82, 2.24) is 0 Å². The molecule has 47 heavy (non-hydrogen) atoms. The van der Waals surface area contributed by atoms with Crippen LogP contribution in [0.4, 0.5) is 17.1 Å². The van der Waals surface area contributed by atoms with E-state index in [9.17, 15) is 0 Å². The Kier molecular flexibility index (Phi) is 5.53. The lowest BCUT2D eigenvalue weighted by Crippen LogP contribution is -2.25. The number of nitrogens with zero attached hydrogens (tertiary/aromatic N) is 1. The molecule has 1 unspecified atom stereocenters. The Hall–Kier alpha value is -6.12. The Morgan fingerprint density at radius 3 is 1.72 bits per heavy atom. The third-order valence-corrected chi connectivity index (χ3v) is 10.1. The van der Waals surface area contributed by atoms with Crippen molar-refractivity contribution < 1.29 is 4.42 Å². The summed E-state index contributed by atoms with van der Waals surface area (Å²) in [6.07, 6.45) is 0. The van der Waals surface area contributed by atoms with E-state index in [-0.39, 0.29) is 0 Å². The maximum Gasteiger partial charge on any atom is 0.135 e. The second-order valence-electron chi connectivity index (χ2n) is 12.4. The van der Waals surface area contributed by atoms with Gasteiger partial charge >= 0.3 is 0 Å². The topological polar surface area (TPSA) is 16.4 Å². The van der Waals surface area contributed by atoms with E-state index in [0.717, 1.165) is 33.8 Å². The average Bonchev–Trinajstić information content (AvgIpc) is 3.77. The normalized spacial score (nSPS) is 15.3. The summed E-state index contributed by atoms with van der Waals surface area (Å²) in [5.41, 5.74) is 14.8. The number of rotatable bonds is 4. The second-order valence-corrected chi connectivity index (χ2v) is 12.4. The molecule has 0 bridgehead atoms. The number of para-hydroxylation sites is 3. The number of furan rings is 1. The van der Waals surface area contributed by atoms with Crippen molar-refractivity contribution in [1.29, 1.82) is 0 Å². The van der Waals surface area contributed by atoms with Gasteiger partial charge in [-0.15, -0.1) is 0 Å². The van der Waals surface area contributed by atoms with E-state index in [0.29, 0.717) is 0 Å². The van der Waals surface area contributed by atoms with Gasteiger partial charge in [-0.1, -0.05) is 146 Å². The fourth-order valence-corrected chi connectivity index (χ4v) is 8.27. The summed E-state index contributed by atoms with van der Waals surface area (Å²) in [5.74, 6) is 1.01. The first-order chi connectivity index (χ1) is 23.4. The second kappa shape index (κ2) is 9.94. The fourth-order valence-electron chi connectivity index (χ4n) is 8.27. The zero-order valence-corrected chi connectivity index (χ0v) is 25.6. The Morgan fingerprint density at radius 1 is 0.404 bits per heavy atom. The van der Waals surface area contributed by atoms with E-state index < -0.39 is 5.41 Å². The highest BCUT2D eigenvalue weighted by Gasteiger charge is 2.55. The van der Waals surface area contributed by atoms with Gasteiger partial charge in [0.25, 0.3) is 0 Å². The molecule has 1 heterocycles. The number of hydrogen-bond acceptors (Lipinski definition) is 2. The minimum Gasteiger partial charge on any atom is -0.459 e. The van der Waals surface area contributed by atoms with Crippen molar-refractivity contribution >= 4 is 28.0 Å². The number of fused-ring (bicyclic) bond motifs is 12. The minimum absolute atomic E-state index is 0.575. The molecule has 0 fully saturated rings. The van der Waals surface area contributed by atoms with Crippen LogP contribution in [0.1, 0.15) is 22.5 Å². The lowest BCUT2D eigenvalue weighted by molar-refractivity contribution is 0.507. The van der Waals surface area contributed by atoms with Crippen LogP contribution in [0.25, 0.3) is 44.3 Å². The third kappa shape index (κ3) is 3.50. The molecule has 7 aromatic carbocycles. The largest absolute Gasteiger partial charge is 0.459 e. The molecule has 0 aliphatic heterocycles. The standard InChI is InChI=1S/C45H29NO/c1-3-16-30(17-4-1)32-20-9-13-27-39(32)46(31-18-5-2-6-19-31)40-28-15-26-38-43(40)34-22-8-12-25-37(34)45(38)36-24-11-7-21-33(36)42-35-23-10-14-29-41(35)47-44(42)45/h1-29H. The predicted molar refractivity (Wildman–Crippen MR) is 193 cm³/mol. The van der Waals surface area contributed by atoms with Gasteiger partial charge in [0.2, 0.25) is 0 Å². The van der Waals surface area contributed by atoms with E-state index >= 15 is 0 Å². The van der Waals surface area contributed by atoms with Crippen molar-refractivity contribution in [3.05, 3.63) is 198 Å². The molecule has 2 nitrogen and oxygen atoms in total. The quantitative estimate of drug-likeness (QED) is 0.200. The van der Waals surface area contributed by atoms with Crippen LogP contribution in [0.3, 0.4) is 0 Å². The van der Waals surface area contributed by atoms with Crippen LogP contribution in [-0.4, -0.2) is 0 Å². The zero-order valence-electron chi connectivity index (χ0n) is 25.6. The first-order valence-electron chi connectivity index (χ1n) is 16.2. The van der Waals surface area contributed by atoms with Crippen LogP contribution < -0.4 is 4.90 Å². The van der Waals surface area contributed by atoms with Crippen molar-refractivity contribution in [2.75, 3.05) is 4.90 Å². The van der Waals surface area contributed by atoms with Gasteiger partial charge in [-0.2, -0.15) is 0 Å². The van der Waals surface area contributed by atoms with Crippen LogP contribution in [0.15, 0.2) is 180 Å². The molecule has 0 saturated carbocycles. The molecular formula is C45H29NO. The Balaban J connectivity index is 1.32. The van der Waals surface area contributed by atoms with Gasteiger partial charge in [0.1, 0.15) is 16.8 Å². The molecule has 0 saturated heterocycles. The van der Waals surface area contributed by atoms with E-state index in [1.807, 2.05) is 0 Å². The highest BCUT2D eigenvalue weighted by Crippen LogP contribution is 2.66. The van der Waals surface area contributed by atoms with Gasteiger partial charge in [0.15, 0.2) is 0 Å². The third-order valence-electron chi connectivity index (χ3n) is 10.1. The number of hydrogen-bond donors (Lipinski definition) is 0. The molecule has 0 radical (unpaired) electrons. The highest BCUT2D eigenvalue weighted by atomic mass is 16.3. The van der Waals surface area contributed by atoms with Crippen LogP contribution in [0.5, 0.6) is 0 Å². The zero-order chi connectivity index (χ0) is 31.0. The molecule has 2 aliphatic rings. The molecule has 2 heteroatoms. The molecule has 10 rings (SSSR count). The summed E-state index contributed by atoms with van der Waals surface area (Å²) >= 11 is 0. The Labute approximate surface area is 273 Å². The maximum atomic E-state index is 6.98. The van der Waals surface area contributed by atoms with Gasteiger partial charge in [0, 0.05) is 27.8 Å². The molecule has 0 amide bonds. The number of benzene rings is 7. The summed E-state index contributed by atoms with van der Waals surface area (Å²) in [7, 11) is 0. The minimum atomic E-state index is -0.575. The van der Waals surface area contributed by atoms with E-state index in [1.54, 1.807) is 0 Å². The van der Waals surface area contributed by atoms with Gasteiger partial charge in [-0.05, 0) is 63.7 Å². The van der Waals surface area contributed by atoms with Crippen LogP contribution >= 0.6 is 0 Å². The van der Waals surface area contributed by atoms with E-state index in [2.05, 4.69) is 181 Å². The summed E-state index contributed by atoms with van der Waals surface area (Å²) in [5, 5.41) is 1.16. The SMILES string of the molecule is c1ccc(-c2ccccc2N(c2ccccc2)c2cccc3c2-c2ccccc2C32c3ccccc3-c3c2oc2ccccc32)cc1. The van der Waals surface area contributed by atoms with Crippen molar-refractivity contribution in [3.63, 3.8) is 0 Å². The van der Waals surface area contributed by atoms with Crippen molar-refractivity contribution in [2.24, 2.45) is 0 Å². The van der Waals surface area contributed by atoms with Crippen LogP contribution in [0.2, 0.25) is 0 Å². The van der Waals surface area contributed by atoms with Gasteiger partial charge in [0.05, 0.1) is 11.4 Å². The lowest BCUT2D eigenvalue weighted by Gasteiger charge is -2.31. The average molecular weight is 600 g/mol. The monoisotopic (exact) mass is 599 g/mol. The van der Waals surface area contributed by atoms with Crippen LogP contribution in [-0.2, 0) is 5.41 Å². The van der Waals surface area contributed by atoms with Gasteiger partial charge < -0.3 is 9.32 Å². The molecule has 0 N–H and O–H groups in total. The maximum absolute atomic E-state index is 6.98. The van der Waals surface area contributed by atoms with Crippen molar-refractivity contribution in [3.8, 4) is 33.4 Å². The van der Waals surface area contributed by atoms with Gasteiger partial charge in [-0.25, -0.2) is 0 Å². The highest BCUT2D eigenvalue weighted by molar-refractivity contribution is 6.06. The summed E-state index contributed by atoms with van der Waals surface area (Å²) in [4.78, 5) is 2.44. The number of anilines is 3. The van der Waals surface area contributed by atoms with Crippen LogP contribution in [0, 0.1) is 0 Å². The molecular weight excluding hydrogens is 571 g/mol. The molecule has 220 valence electrons. The molecule has 8 aromatic rings. The van der Waals surface area contributed by atoms with E-state index in [1.165, 1.54) is 50.1 Å². The Bertz CT molecular complexity index is 2470. The molecule has 1 aromatic heterocycles. The van der Waals surface area contributed by atoms with Crippen molar-refractivity contribution in [2.45, 2.75) is 5.41 Å². The van der Waals surface area contributed by atoms with Gasteiger partial charge in [-0.3, -0.25) is 0 Å².